The number of hydrogen-bond acceptors (Lipinski definition) is 8. The van der Waals surface area contributed by atoms with Crippen LogP contribution in [0.25, 0.3) is 10.7 Å². The van der Waals surface area contributed by atoms with Crippen molar-refractivity contribution in [3.63, 3.8) is 0 Å². The summed E-state index contributed by atoms with van der Waals surface area (Å²) in [5, 5.41) is 19.9. The molecule has 0 amide bonds. The zero-order valence-electron chi connectivity index (χ0n) is 9.95. The summed E-state index contributed by atoms with van der Waals surface area (Å²) in [6.45, 7) is 0. The van der Waals surface area contributed by atoms with Crippen molar-refractivity contribution in [3.8, 4) is 16.5 Å². The highest BCUT2D eigenvalue weighted by Crippen LogP contribution is 2.30. The van der Waals surface area contributed by atoms with Crippen LogP contribution in [0, 0.1) is 10.1 Å². The van der Waals surface area contributed by atoms with Gasteiger partial charge in [0.1, 0.15) is 0 Å². The molecule has 0 fully saturated rings. The molecular formula is C10H7N3O6S. The molecule has 2 aromatic rings. The molecule has 0 aliphatic heterocycles. The zero-order valence-corrected chi connectivity index (χ0v) is 10.8. The first-order valence-corrected chi connectivity index (χ1v) is 5.92. The Morgan fingerprint density at radius 3 is 2.80 bits per heavy atom. The van der Waals surface area contributed by atoms with Gasteiger partial charge >= 0.3 is 11.0 Å². The van der Waals surface area contributed by atoms with Gasteiger partial charge in [-0.25, -0.2) is 9.78 Å². The summed E-state index contributed by atoms with van der Waals surface area (Å²) in [6.07, 6.45) is 0. The molecule has 0 unspecified atom stereocenters. The zero-order chi connectivity index (χ0) is 14.9. The van der Waals surface area contributed by atoms with Gasteiger partial charge in [0.15, 0.2) is 11.5 Å². The Hall–Kier alpha value is -2.75. The lowest BCUT2D eigenvalue weighted by atomic mass is 10.3. The number of hydrogen-bond donors (Lipinski definition) is 2. The Kier molecular flexibility index (Phi) is 3.48. The number of nitrogens with zero attached hydrogens (tertiary/aromatic N) is 2. The fourth-order valence-corrected chi connectivity index (χ4v) is 2.14. The number of carbonyl (C=O) groups is 1. The molecule has 104 valence electrons. The highest BCUT2D eigenvalue weighted by molar-refractivity contribution is 7.18. The third-order valence-electron chi connectivity index (χ3n) is 2.28. The first-order valence-electron chi connectivity index (χ1n) is 5.10. The molecular weight excluding hydrogens is 290 g/mol. The molecule has 0 aliphatic rings. The SMILES string of the molecule is COC(=O)c1nc(-c2ccc([N+](=O)[O-])s2)[nH]c(=O)c1O. The quantitative estimate of drug-likeness (QED) is 0.488. The molecule has 0 radical (unpaired) electrons. The second-order valence-corrected chi connectivity index (χ2v) is 4.56. The topological polar surface area (TPSA) is 135 Å². The van der Waals surface area contributed by atoms with Gasteiger partial charge in [-0.1, -0.05) is 11.3 Å². The molecule has 0 aliphatic carbocycles. The Balaban J connectivity index is 2.57. The maximum Gasteiger partial charge on any atom is 0.360 e. The largest absolute Gasteiger partial charge is 0.501 e. The van der Waals surface area contributed by atoms with Crippen molar-refractivity contribution in [1.29, 1.82) is 0 Å². The fourth-order valence-electron chi connectivity index (χ4n) is 1.38. The lowest BCUT2D eigenvalue weighted by Gasteiger charge is -2.03. The number of thiophene rings is 1. The van der Waals surface area contributed by atoms with Crippen LogP contribution in [0.15, 0.2) is 16.9 Å². The lowest BCUT2D eigenvalue weighted by Crippen LogP contribution is -2.15. The predicted molar refractivity (Wildman–Crippen MR) is 67.8 cm³/mol. The number of esters is 1. The molecule has 10 heteroatoms. The van der Waals surface area contributed by atoms with Gasteiger partial charge in [-0.15, -0.1) is 0 Å². The number of methoxy groups -OCH3 is 1. The molecule has 2 heterocycles. The molecule has 0 bridgehead atoms. The van der Waals surface area contributed by atoms with Crippen LogP contribution in [-0.2, 0) is 4.74 Å². The van der Waals surface area contributed by atoms with E-state index in [9.17, 15) is 24.8 Å². The summed E-state index contributed by atoms with van der Waals surface area (Å²) in [5.74, 6) is -1.92. The maximum atomic E-state index is 11.5. The van der Waals surface area contributed by atoms with Crippen molar-refractivity contribution < 1.29 is 19.6 Å². The molecule has 0 saturated carbocycles. The van der Waals surface area contributed by atoms with Gasteiger partial charge in [-0.2, -0.15) is 0 Å². The highest BCUT2D eigenvalue weighted by Gasteiger charge is 2.20. The third-order valence-corrected chi connectivity index (χ3v) is 3.32. The van der Waals surface area contributed by atoms with Crippen LogP contribution >= 0.6 is 11.3 Å². The molecule has 0 saturated heterocycles. The van der Waals surface area contributed by atoms with E-state index >= 15 is 0 Å². The van der Waals surface area contributed by atoms with Gasteiger partial charge in [-0.3, -0.25) is 14.9 Å². The van der Waals surface area contributed by atoms with Gasteiger partial charge in [0.2, 0.25) is 5.75 Å². The van der Waals surface area contributed by atoms with Crippen molar-refractivity contribution in [2.75, 3.05) is 7.11 Å². The number of H-pyrrole nitrogens is 1. The first-order chi connectivity index (χ1) is 9.43. The van der Waals surface area contributed by atoms with Crippen LogP contribution < -0.4 is 5.56 Å². The summed E-state index contributed by atoms with van der Waals surface area (Å²) >= 11 is 0.771. The normalized spacial score (nSPS) is 10.2. The molecule has 2 N–H and O–H groups in total. The summed E-state index contributed by atoms with van der Waals surface area (Å²) in [6, 6.07) is 2.61. The van der Waals surface area contributed by atoms with Crippen molar-refractivity contribution in [2.24, 2.45) is 0 Å². The van der Waals surface area contributed by atoms with E-state index in [1.54, 1.807) is 0 Å². The summed E-state index contributed by atoms with van der Waals surface area (Å²) in [5.41, 5.74) is -1.49. The highest BCUT2D eigenvalue weighted by atomic mass is 32.1. The molecule has 20 heavy (non-hydrogen) atoms. The smallest absolute Gasteiger partial charge is 0.360 e. The van der Waals surface area contributed by atoms with E-state index < -0.39 is 27.9 Å². The molecule has 0 atom stereocenters. The Bertz CT molecular complexity index is 750. The minimum atomic E-state index is -0.985. The molecule has 2 aromatic heterocycles. The third kappa shape index (κ3) is 2.36. The van der Waals surface area contributed by atoms with Crippen molar-refractivity contribution in [3.05, 3.63) is 38.3 Å². The van der Waals surface area contributed by atoms with Crippen molar-refractivity contribution >= 4 is 22.3 Å². The fraction of sp³-hybridized carbons (Fsp3) is 0.100. The van der Waals surface area contributed by atoms with Crippen LogP contribution in [0.2, 0.25) is 0 Å². The van der Waals surface area contributed by atoms with Crippen molar-refractivity contribution in [2.45, 2.75) is 0 Å². The number of aromatic amines is 1. The summed E-state index contributed by atoms with van der Waals surface area (Å²) in [4.78, 5) is 39.2. The molecule has 9 nitrogen and oxygen atoms in total. The van der Waals surface area contributed by atoms with Crippen LogP contribution in [0.5, 0.6) is 5.75 Å². The molecule has 0 aromatic carbocycles. The van der Waals surface area contributed by atoms with Gasteiger partial charge < -0.3 is 14.8 Å². The number of nitrogens with one attached hydrogen (secondary N) is 1. The Morgan fingerprint density at radius 2 is 2.25 bits per heavy atom. The number of nitro groups is 1. The average molecular weight is 297 g/mol. The molecule has 0 spiro atoms. The van der Waals surface area contributed by atoms with E-state index in [1.807, 2.05) is 0 Å². The standard InChI is InChI=1S/C10H7N3O6S/c1-19-10(16)6-7(14)9(15)12-8(11-6)4-2-3-5(20-4)13(17)18/h2-3,14H,1H3,(H,11,12,15). The molecule has 2 rings (SSSR count). The minimum absolute atomic E-state index is 0.0636. The van der Waals surface area contributed by atoms with Gasteiger partial charge in [0.05, 0.1) is 16.9 Å². The number of carbonyl (C=O) groups excluding carboxylic acids is 1. The monoisotopic (exact) mass is 297 g/mol. The first kappa shape index (κ1) is 13.7. The van der Waals surface area contributed by atoms with Crippen LogP contribution in [0.1, 0.15) is 10.5 Å². The van der Waals surface area contributed by atoms with Crippen LogP contribution in [0.4, 0.5) is 5.00 Å². The summed E-state index contributed by atoms with van der Waals surface area (Å²) < 4.78 is 4.39. The second-order valence-electron chi connectivity index (χ2n) is 3.50. The lowest BCUT2D eigenvalue weighted by molar-refractivity contribution is -0.380. The second kappa shape index (κ2) is 5.09. The van der Waals surface area contributed by atoms with Crippen molar-refractivity contribution in [1.82, 2.24) is 9.97 Å². The average Bonchev–Trinajstić information content (AvgIpc) is 2.90. The predicted octanol–water partition coefficient (Wildman–Crippen LogP) is 0.899. The van der Waals surface area contributed by atoms with E-state index in [2.05, 4.69) is 14.7 Å². The number of ether oxygens (including phenoxy) is 1. The van der Waals surface area contributed by atoms with E-state index in [-0.39, 0.29) is 15.7 Å². The number of aromatic hydroxyl groups is 1. The van der Waals surface area contributed by atoms with E-state index in [4.69, 9.17) is 0 Å². The number of rotatable bonds is 3. The van der Waals surface area contributed by atoms with E-state index in [0.29, 0.717) is 0 Å². The summed E-state index contributed by atoms with van der Waals surface area (Å²) in [7, 11) is 1.07. The van der Waals surface area contributed by atoms with Gasteiger partial charge in [0.25, 0.3) is 5.56 Å². The number of aromatic nitrogens is 2. The Labute approximate surface area is 114 Å². The van der Waals surface area contributed by atoms with E-state index in [0.717, 1.165) is 18.4 Å². The van der Waals surface area contributed by atoms with E-state index in [1.165, 1.54) is 12.1 Å². The Morgan fingerprint density at radius 1 is 1.55 bits per heavy atom. The van der Waals surface area contributed by atoms with Gasteiger partial charge in [-0.05, 0) is 6.07 Å². The maximum absolute atomic E-state index is 11.5. The van der Waals surface area contributed by atoms with Crippen LogP contribution in [0.3, 0.4) is 0 Å². The van der Waals surface area contributed by atoms with Gasteiger partial charge in [0, 0.05) is 6.07 Å². The minimum Gasteiger partial charge on any atom is -0.501 e. The van der Waals surface area contributed by atoms with Crippen LogP contribution in [-0.4, -0.2) is 33.1 Å².